The number of carbonyl (C=O) groups is 2. The first kappa shape index (κ1) is 74.1. The number of hydrogen-bond donors (Lipinski definition) is 2. The number of rotatable bonds is 2. The van der Waals surface area contributed by atoms with Crippen molar-refractivity contribution in [1.82, 2.24) is 0 Å². The summed E-state index contributed by atoms with van der Waals surface area (Å²) >= 11 is 0. The predicted octanol–water partition coefficient (Wildman–Crippen LogP) is 3.95. The SMILES string of the molecule is C.C.C.C.C.C.CCC(=O)O.CCC(=O)O.O. The summed E-state index contributed by atoms with van der Waals surface area (Å²) in [6, 6.07) is 0. The van der Waals surface area contributed by atoms with Crippen LogP contribution in [0.4, 0.5) is 0 Å². The van der Waals surface area contributed by atoms with Gasteiger partial charge in [0.25, 0.3) is 0 Å². The van der Waals surface area contributed by atoms with Gasteiger partial charge < -0.3 is 15.7 Å². The van der Waals surface area contributed by atoms with Crippen molar-refractivity contribution in [3.05, 3.63) is 0 Å². The van der Waals surface area contributed by atoms with Crippen molar-refractivity contribution in [2.24, 2.45) is 0 Å². The normalized spacial score (nSPS) is 4.35. The molecular formula is C12H38O5. The number of hydrogen-bond acceptors (Lipinski definition) is 2. The molecule has 0 heterocycles. The Labute approximate surface area is 109 Å². The second-order valence-corrected chi connectivity index (χ2v) is 1.49. The molecule has 0 radical (unpaired) electrons. The highest BCUT2D eigenvalue weighted by molar-refractivity contribution is 5.66. The fourth-order valence-corrected chi connectivity index (χ4v) is 0. The highest BCUT2D eigenvalue weighted by atomic mass is 16.4. The summed E-state index contributed by atoms with van der Waals surface area (Å²) in [6.45, 7) is 3.20. The molecule has 0 spiro atoms. The molecule has 0 aliphatic rings. The van der Waals surface area contributed by atoms with E-state index in [2.05, 4.69) is 0 Å². The van der Waals surface area contributed by atoms with Gasteiger partial charge in [0.15, 0.2) is 0 Å². The lowest BCUT2D eigenvalue weighted by molar-refractivity contribution is -0.137. The van der Waals surface area contributed by atoms with Gasteiger partial charge in [-0.25, -0.2) is 0 Å². The summed E-state index contributed by atoms with van der Waals surface area (Å²) in [5.41, 5.74) is 0. The van der Waals surface area contributed by atoms with E-state index in [1.807, 2.05) is 0 Å². The van der Waals surface area contributed by atoms with E-state index >= 15 is 0 Å². The number of aliphatic carboxylic acids is 2. The van der Waals surface area contributed by atoms with Gasteiger partial charge in [0.05, 0.1) is 0 Å². The quantitative estimate of drug-likeness (QED) is 0.785. The Hall–Kier alpha value is -1.10. The van der Waals surface area contributed by atoms with Crippen molar-refractivity contribution >= 4 is 11.9 Å². The van der Waals surface area contributed by atoms with Crippen LogP contribution in [0.5, 0.6) is 0 Å². The zero-order chi connectivity index (χ0) is 8.57. The number of carboxylic acid groups (broad SMARTS) is 2. The first-order valence-corrected chi connectivity index (χ1v) is 2.98. The third kappa shape index (κ3) is 295. The first-order chi connectivity index (χ1) is 4.54. The van der Waals surface area contributed by atoms with Crippen LogP contribution in [0, 0.1) is 0 Å². The molecule has 0 aromatic heterocycles. The van der Waals surface area contributed by atoms with Gasteiger partial charge in [0.2, 0.25) is 0 Å². The number of carboxylic acids is 2. The summed E-state index contributed by atoms with van der Waals surface area (Å²) < 4.78 is 0. The van der Waals surface area contributed by atoms with E-state index < -0.39 is 11.9 Å². The van der Waals surface area contributed by atoms with Crippen molar-refractivity contribution in [3.8, 4) is 0 Å². The van der Waals surface area contributed by atoms with Crippen LogP contribution in [-0.4, -0.2) is 27.6 Å². The molecule has 0 aliphatic carbocycles. The Morgan fingerprint density at radius 2 is 0.765 bits per heavy atom. The van der Waals surface area contributed by atoms with Crippen LogP contribution in [0.3, 0.4) is 0 Å². The molecular weight excluding hydrogens is 224 g/mol. The Kier molecular flexibility index (Phi) is 264. The summed E-state index contributed by atoms with van der Waals surface area (Å²) in [6.07, 6.45) is 0.444. The smallest absolute Gasteiger partial charge is 0.303 e. The van der Waals surface area contributed by atoms with Gasteiger partial charge in [0.1, 0.15) is 0 Å². The topological polar surface area (TPSA) is 106 Å². The highest BCUT2D eigenvalue weighted by Gasteiger charge is 1.81. The van der Waals surface area contributed by atoms with Crippen LogP contribution in [0.2, 0.25) is 0 Å². The average Bonchev–Trinajstić information content (AvgIpc) is 1.89. The molecule has 0 aromatic rings. The molecule has 0 aliphatic heterocycles. The molecule has 17 heavy (non-hydrogen) atoms. The molecule has 4 N–H and O–H groups in total. The van der Waals surface area contributed by atoms with Crippen molar-refractivity contribution in [2.75, 3.05) is 0 Å². The fourth-order valence-electron chi connectivity index (χ4n) is 0. The molecule has 5 heteroatoms. The van der Waals surface area contributed by atoms with Crippen LogP contribution in [0.25, 0.3) is 0 Å². The summed E-state index contributed by atoms with van der Waals surface area (Å²) in [7, 11) is 0. The van der Waals surface area contributed by atoms with Gasteiger partial charge in [-0.1, -0.05) is 58.4 Å². The van der Waals surface area contributed by atoms with E-state index in [0.717, 1.165) is 0 Å². The van der Waals surface area contributed by atoms with Crippen LogP contribution in [-0.2, 0) is 9.59 Å². The zero-order valence-corrected chi connectivity index (χ0v) is 6.63. The Bertz CT molecular complexity index is 99.5. The minimum Gasteiger partial charge on any atom is -0.481 e. The van der Waals surface area contributed by atoms with Gasteiger partial charge in [-0.15, -0.1) is 0 Å². The van der Waals surface area contributed by atoms with E-state index in [-0.39, 0.29) is 62.9 Å². The molecule has 0 fully saturated rings. The second kappa shape index (κ2) is 60.5. The standard InChI is InChI=1S/2C3H6O2.6CH4.H2O/c2*1-2-3(4)5;;;;;;;/h2*2H2,1H3,(H,4,5);6*1H4;1H2. The zero-order valence-electron chi connectivity index (χ0n) is 6.63. The second-order valence-electron chi connectivity index (χ2n) is 1.49. The van der Waals surface area contributed by atoms with Gasteiger partial charge >= 0.3 is 11.9 Å². The summed E-state index contributed by atoms with van der Waals surface area (Å²) in [5, 5.41) is 15.4. The van der Waals surface area contributed by atoms with Crippen molar-refractivity contribution in [2.45, 2.75) is 71.2 Å². The molecule has 5 nitrogen and oxygen atoms in total. The van der Waals surface area contributed by atoms with Crippen LogP contribution >= 0.6 is 0 Å². The first-order valence-electron chi connectivity index (χ1n) is 2.98. The minimum absolute atomic E-state index is 0. The Morgan fingerprint density at radius 1 is 0.706 bits per heavy atom. The maximum absolute atomic E-state index is 9.37. The maximum Gasteiger partial charge on any atom is 0.303 e. The van der Waals surface area contributed by atoms with E-state index in [9.17, 15) is 9.59 Å². The van der Waals surface area contributed by atoms with E-state index in [0.29, 0.717) is 0 Å². The highest BCUT2D eigenvalue weighted by Crippen LogP contribution is 1.67. The average molecular weight is 262 g/mol. The third-order valence-corrected chi connectivity index (χ3v) is 0.605. The molecule has 116 valence electrons. The fraction of sp³-hybridized carbons (Fsp3) is 0.833. The lowest BCUT2D eigenvalue weighted by Crippen LogP contribution is -1.86. The maximum atomic E-state index is 9.37. The largest absolute Gasteiger partial charge is 0.481 e. The van der Waals surface area contributed by atoms with Gasteiger partial charge in [0, 0.05) is 12.8 Å². The lowest BCUT2D eigenvalue weighted by atomic mass is 10.5. The van der Waals surface area contributed by atoms with Gasteiger partial charge in [-0.3, -0.25) is 9.59 Å². The van der Waals surface area contributed by atoms with Gasteiger partial charge in [-0.05, 0) is 0 Å². The minimum atomic E-state index is -0.745. The van der Waals surface area contributed by atoms with E-state index in [4.69, 9.17) is 10.2 Å². The molecule has 0 unspecified atom stereocenters. The predicted molar refractivity (Wildman–Crippen MR) is 79.9 cm³/mol. The lowest BCUT2D eigenvalue weighted by Gasteiger charge is -1.71. The molecule has 0 atom stereocenters. The summed E-state index contributed by atoms with van der Waals surface area (Å²) in [4.78, 5) is 18.7. The molecule has 0 saturated heterocycles. The van der Waals surface area contributed by atoms with Crippen molar-refractivity contribution < 1.29 is 25.3 Å². The van der Waals surface area contributed by atoms with Crippen LogP contribution in [0.1, 0.15) is 71.2 Å². The van der Waals surface area contributed by atoms with E-state index in [1.165, 1.54) is 0 Å². The Balaban J connectivity index is -0.00000000762. The monoisotopic (exact) mass is 262 g/mol. The third-order valence-electron chi connectivity index (χ3n) is 0.605. The molecule has 0 bridgehead atoms. The van der Waals surface area contributed by atoms with Crippen molar-refractivity contribution in [1.29, 1.82) is 0 Å². The van der Waals surface area contributed by atoms with E-state index in [1.54, 1.807) is 13.8 Å². The molecule has 0 saturated carbocycles. The molecule has 0 amide bonds. The van der Waals surface area contributed by atoms with Crippen LogP contribution < -0.4 is 0 Å². The van der Waals surface area contributed by atoms with Crippen molar-refractivity contribution in [3.63, 3.8) is 0 Å². The molecule has 0 rings (SSSR count). The summed E-state index contributed by atoms with van der Waals surface area (Å²) in [5.74, 6) is -1.49. The van der Waals surface area contributed by atoms with Gasteiger partial charge in [-0.2, -0.15) is 0 Å². The Morgan fingerprint density at radius 3 is 0.765 bits per heavy atom. The molecule has 0 aromatic carbocycles. The van der Waals surface area contributed by atoms with Crippen LogP contribution in [0.15, 0.2) is 0 Å².